The molecule has 1 aromatic heterocycles. The van der Waals surface area contributed by atoms with Gasteiger partial charge in [0.2, 0.25) is 11.0 Å². The Morgan fingerprint density at radius 1 is 1.26 bits per heavy atom. The molecule has 27 heavy (non-hydrogen) atoms. The van der Waals surface area contributed by atoms with Crippen molar-refractivity contribution >= 4 is 45.8 Å². The second-order valence-electron chi connectivity index (χ2n) is 6.11. The highest BCUT2D eigenvalue weighted by Gasteiger charge is 2.26. The Morgan fingerprint density at radius 3 is 2.59 bits per heavy atom. The van der Waals surface area contributed by atoms with Crippen LogP contribution in [0.2, 0.25) is 0 Å². The van der Waals surface area contributed by atoms with Crippen LogP contribution in [0.1, 0.15) is 25.8 Å². The molecule has 2 rings (SSSR count). The van der Waals surface area contributed by atoms with Crippen molar-refractivity contribution in [3.05, 3.63) is 29.8 Å². The second-order valence-corrected chi connectivity index (χ2v) is 8.31. The number of nitrogens with one attached hydrogen (secondary N) is 2. The van der Waals surface area contributed by atoms with E-state index in [0.717, 1.165) is 12.1 Å². The van der Waals surface area contributed by atoms with E-state index in [9.17, 15) is 9.59 Å². The Bertz CT molecular complexity index is 764. The molecule has 1 heterocycles. The number of hydrogen-bond acceptors (Lipinski definition) is 8. The Morgan fingerprint density at radius 2 is 1.96 bits per heavy atom. The summed E-state index contributed by atoms with van der Waals surface area (Å²) in [4.78, 5) is 24.0. The van der Waals surface area contributed by atoms with Crippen LogP contribution in [0.3, 0.4) is 0 Å². The third kappa shape index (κ3) is 6.51. The molecule has 0 radical (unpaired) electrons. The van der Waals surface area contributed by atoms with Crippen LogP contribution in [0, 0.1) is 12.8 Å². The molecule has 7 nitrogen and oxygen atoms in total. The first kappa shape index (κ1) is 21.2. The Labute approximate surface area is 167 Å². The Balaban J connectivity index is 1.87. The minimum atomic E-state index is -0.638. The van der Waals surface area contributed by atoms with Crippen LogP contribution in [0.25, 0.3) is 0 Å². The number of aryl methyl sites for hydroxylation is 1. The third-order valence-corrected chi connectivity index (χ3v) is 5.99. The van der Waals surface area contributed by atoms with E-state index in [0.29, 0.717) is 9.47 Å². The van der Waals surface area contributed by atoms with E-state index in [4.69, 9.17) is 4.74 Å². The number of methoxy groups -OCH3 is 1. The van der Waals surface area contributed by atoms with Crippen molar-refractivity contribution in [2.24, 2.45) is 5.92 Å². The molecule has 0 aliphatic rings. The fourth-order valence-corrected chi connectivity index (χ4v) is 3.80. The van der Waals surface area contributed by atoms with Gasteiger partial charge in [-0.25, -0.2) is 4.79 Å². The summed E-state index contributed by atoms with van der Waals surface area (Å²) < 4.78 is 5.46. The summed E-state index contributed by atoms with van der Waals surface area (Å²) in [5.41, 5.74) is 2.11. The van der Waals surface area contributed by atoms with Gasteiger partial charge < -0.3 is 15.4 Å². The van der Waals surface area contributed by atoms with E-state index in [-0.39, 0.29) is 17.6 Å². The first-order valence-electron chi connectivity index (χ1n) is 8.60. The van der Waals surface area contributed by atoms with Crippen LogP contribution < -0.4 is 10.6 Å². The maximum atomic E-state index is 12.2. The number of carbonyl (C=O) groups excluding carboxylic acids is 2. The molecule has 1 amide bonds. The molecule has 0 aliphatic heterocycles. The van der Waals surface area contributed by atoms with Crippen LogP contribution in [0.15, 0.2) is 28.6 Å². The highest BCUT2D eigenvalue weighted by atomic mass is 32.2. The number of aromatic nitrogens is 2. The first-order chi connectivity index (χ1) is 12.9. The largest absolute Gasteiger partial charge is 0.467 e. The van der Waals surface area contributed by atoms with E-state index in [1.165, 1.54) is 35.8 Å². The van der Waals surface area contributed by atoms with Crippen LogP contribution in [0.4, 0.5) is 10.8 Å². The standard InChI is InChI=1S/C18H24N4O3S2/c1-5-12(3)15(16(24)25-4)20-14(23)10-26-18-22-21-17(27-18)19-13-8-6-11(2)7-9-13/h6-9,12,15H,5,10H2,1-4H3,(H,19,21)(H,20,23)/t12-,15+/m0/s1. The number of hydrogen-bond donors (Lipinski definition) is 2. The molecule has 9 heteroatoms. The molecule has 2 aromatic rings. The average Bonchev–Trinajstić information content (AvgIpc) is 3.12. The predicted octanol–water partition coefficient (Wildman–Crippen LogP) is 3.39. The van der Waals surface area contributed by atoms with Gasteiger partial charge in [-0.1, -0.05) is 61.1 Å². The summed E-state index contributed by atoms with van der Waals surface area (Å²) in [6.07, 6.45) is 0.762. The van der Waals surface area contributed by atoms with Gasteiger partial charge in [0.25, 0.3) is 0 Å². The molecule has 0 bridgehead atoms. The number of thioether (sulfide) groups is 1. The Kier molecular flexibility index (Phi) is 8.05. The van der Waals surface area contributed by atoms with E-state index >= 15 is 0 Å². The van der Waals surface area contributed by atoms with Gasteiger partial charge >= 0.3 is 5.97 Å². The summed E-state index contributed by atoms with van der Waals surface area (Å²) in [6.45, 7) is 5.90. The number of carbonyl (C=O) groups is 2. The number of amides is 1. The molecule has 0 saturated carbocycles. The molecule has 0 unspecified atom stereocenters. The average molecular weight is 409 g/mol. The van der Waals surface area contributed by atoms with Crippen molar-refractivity contribution in [1.29, 1.82) is 0 Å². The molecule has 0 spiro atoms. The zero-order chi connectivity index (χ0) is 19.8. The second kappa shape index (κ2) is 10.3. The molecule has 2 atom stereocenters. The predicted molar refractivity (Wildman–Crippen MR) is 108 cm³/mol. The number of esters is 1. The SMILES string of the molecule is CC[C@H](C)[C@@H](NC(=O)CSc1nnc(Nc2ccc(C)cc2)s1)C(=O)OC. The molecule has 2 N–H and O–H groups in total. The van der Waals surface area contributed by atoms with Crippen molar-refractivity contribution < 1.29 is 14.3 Å². The van der Waals surface area contributed by atoms with Crippen molar-refractivity contribution in [2.75, 3.05) is 18.2 Å². The maximum absolute atomic E-state index is 12.2. The van der Waals surface area contributed by atoms with Crippen LogP contribution >= 0.6 is 23.1 Å². The molecular weight excluding hydrogens is 384 g/mol. The van der Waals surface area contributed by atoms with Gasteiger partial charge in [0.15, 0.2) is 4.34 Å². The summed E-state index contributed by atoms with van der Waals surface area (Å²) in [6, 6.07) is 7.33. The van der Waals surface area contributed by atoms with E-state index < -0.39 is 12.0 Å². The summed E-state index contributed by atoms with van der Waals surface area (Å²) in [7, 11) is 1.32. The van der Waals surface area contributed by atoms with Crippen molar-refractivity contribution in [2.45, 2.75) is 37.6 Å². The monoisotopic (exact) mass is 408 g/mol. The van der Waals surface area contributed by atoms with Crippen molar-refractivity contribution in [3.8, 4) is 0 Å². The molecule has 0 aliphatic carbocycles. The first-order valence-corrected chi connectivity index (χ1v) is 10.4. The minimum absolute atomic E-state index is 0.00163. The van der Waals surface area contributed by atoms with E-state index in [2.05, 4.69) is 20.8 Å². The van der Waals surface area contributed by atoms with E-state index in [1.807, 2.05) is 45.0 Å². The number of benzene rings is 1. The number of ether oxygens (including phenoxy) is 1. The van der Waals surface area contributed by atoms with Crippen molar-refractivity contribution in [1.82, 2.24) is 15.5 Å². The number of rotatable bonds is 9. The van der Waals surface area contributed by atoms with Gasteiger partial charge in [0, 0.05) is 5.69 Å². The fraction of sp³-hybridized carbons (Fsp3) is 0.444. The fourth-order valence-electron chi connectivity index (χ4n) is 2.22. The van der Waals surface area contributed by atoms with Gasteiger partial charge in [-0.15, -0.1) is 10.2 Å². The van der Waals surface area contributed by atoms with Crippen molar-refractivity contribution in [3.63, 3.8) is 0 Å². The number of anilines is 2. The van der Waals surface area contributed by atoms with Crippen LogP contribution in [-0.4, -0.2) is 41.0 Å². The molecule has 1 aromatic carbocycles. The molecule has 0 fully saturated rings. The molecule has 146 valence electrons. The lowest BCUT2D eigenvalue weighted by Crippen LogP contribution is -2.46. The van der Waals surface area contributed by atoms with Gasteiger partial charge in [0.05, 0.1) is 12.9 Å². The van der Waals surface area contributed by atoms with Gasteiger partial charge in [-0.05, 0) is 25.0 Å². The lowest BCUT2D eigenvalue weighted by Gasteiger charge is -2.21. The van der Waals surface area contributed by atoms with Crippen LogP contribution in [0.5, 0.6) is 0 Å². The van der Waals surface area contributed by atoms with Gasteiger partial charge in [-0.2, -0.15) is 0 Å². The lowest BCUT2D eigenvalue weighted by atomic mass is 9.99. The quantitative estimate of drug-likeness (QED) is 0.485. The third-order valence-electron chi connectivity index (χ3n) is 4.02. The molecule has 0 saturated heterocycles. The topological polar surface area (TPSA) is 93.2 Å². The molecular formula is C18H24N4O3S2. The van der Waals surface area contributed by atoms with Gasteiger partial charge in [-0.3, -0.25) is 4.79 Å². The van der Waals surface area contributed by atoms with E-state index in [1.54, 1.807) is 0 Å². The minimum Gasteiger partial charge on any atom is -0.467 e. The highest BCUT2D eigenvalue weighted by Crippen LogP contribution is 2.27. The maximum Gasteiger partial charge on any atom is 0.328 e. The summed E-state index contributed by atoms with van der Waals surface area (Å²) in [5, 5.41) is 14.8. The Hall–Kier alpha value is -2.13. The zero-order valence-corrected chi connectivity index (χ0v) is 17.4. The summed E-state index contributed by atoms with van der Waals surface area (Å²) in [5.74, 6) is -0.510. The normalized spacial score (nSPS) is 12.9. The highest BCUT2D eigenvalue weighted by molar-refractivity contribution is 8.01. The smallest absolute Gasteiger partial charge is 0.328 e. The van der Waals surface area contributed by atoms with Crippen LogP contribution in [-0.2, 0) is 14.3 Å². The lowest BCUT2D eigenvalue weighted by molar-refractivity contribution is -0.146. The summed E-state index contributed by atoms with van der Waals surface area (Å²) >= 11 is 2.66. The number of nitrogens with zero attached hydrogens (tertiary/aromatic N) is 2. The zero-order valence-electron chi connectivity index (χ0n) is 15.8. The van der Waals surface area contributed by atoms with Gasteiger partial charge in [0.1, 0.15) is 6.04 Å².